The Balaban J connectivity index is 1.92. The van der Waals surface area contributed by atoms with Crippen LogP contribution in [0.25, 0.3) is 10.8 Å². The van der Waals surface area contributed by atoms with Crippen molar-refractivity contribution in [3.8, 4) is 0 Å². The number of aliphatic carboxylic acids is 1. The minimum atomic E-state index is -0.899. The summed E-state index contributed by atoms with van der Waals surface area (Å²) in [7, 11) is 0. The normalized spacial score (nSPS) is 23.8. The number of amides is 1. The second-order valence-electron chi connectivity index (χ2n) is 6.61. The quantitative estimate of drug-likeness (QED) is 0.805. The third kappa shape index (κ3) is 2.91. The summed E-state index contributed by atoms with van der Waals surface area (Å²) in [6.07, 6.45) is 2.86. The maximum absolute atomic E-state index is 12.6. The molecule has 2 aromatic rings. The second-order valence-corrected chi connectivity index (χ2v) is 6.61. The molecule has 3 rings (SSSR count). The first kappa shape index (κ1) is 16.2. The minimum absolute atomic E-state index is 0.148. The van der Waals surface area contributed by atoms with E-state index in [1.807, 2.05) is 0 Å². The molecule has 6 heteroatoms. The van der Waals surface area contributed by atoms with E-state index in [0.717, 1.165) is 12.8 Å². The summed E-state index contributed by atoms with van der Waals surface area (Å²) < 4.78 is 0. The molecule has 24 heavy (non-hydrogen) atoms. The lowest BCUT2D eigenvalue weighted by Gasteiger charge is -2.39. The van der Waals surface area contributed by atoms with Gasteiger partial charge in [0.2, 0.25) is 0 Å². The summed E-state index contributed by atoms with van der Waals surface area (Å²) in [6, 6.07) is 8.64. The number of pyridine rings is 1. The van der Waals surface area contributed by atoms with Gasteiger partial charge in [0, 0.05) is 5.39 Å². The fraction of sp³-hybridized carbons (Fsp3) is 0.389. The molecular weight excluding hydrogens is 308 g/mol. The number of H-pyrrole nitrogens is 1. The molecule has 1 amide bonds. The number of hydrogen-bond acceptors (Lipinski definition) is 3. The third-order valence-electron chi connectivity index (χ3n) is 4.90. The molecule has 1 fully saturated rings. The largest absolute Gasteiger partial charge is 0.481 e. The Kier molecular flexibility index (Phi) is 4.13. The van der Waals surface area contributed by atoms with E-state index in [-0.39, 0.29) is 11.3 Å². The van der Waals surface area contributed by atoms with Crippen LogP contribution in [0.15, 0.2) is 35.1 Å². The zero-order valence-corrected chi connectivity index (χ0v) is 13.5. The number of aromatic amines is 1. The van der Waals surface area contributed by atoms with Gasteiger partial charge in [-0.05, 0) is 37.3 Å². The van der Waals surface area contributed by atoms with Crippen molar-refractivity contribution in [1.82, 2.24) is 10.3 Å². The van der Waals surface area contributed by atoms with Crippen LogP contribution in [0.5, 0.6) is 0 Å². The Morgan fingerprint density at radius 2 is 2.04 bits per heavy atom. The van der Waals surface area contributed by atoms with Crippen LogP contribution >= 0.6 is 0 Å². The average Bonchev–Trinajstić information content (AvgIpc) is 2.54. The van der Waals surface area contributed by atoms with E-state index in [0.29, 0.717) is 23.6 Å². The molecule has 1 saturated carbocycles. The third-order valence-corrected chi connectivity index (χ3v) is 4.90. The molecule has 1 aromatic heterocycles. The van der Waals surface area contributed by atoms with E-state index in [1.54, 1.807) is 37.3 Å². The van der Waals surface area contributed by atoms with Gasteiger partial charge in [0.05, 0.1) is 11.5 Å². The second kappa shape index (κ2) is 6.11. The lowest BCUT2D eigenvalue weighted by atomic mass is 9.74. The van der Waals surface area contributed by atoms with Crippen molar-refractivity contribution in [1.29, 1.82) is 0 Å². The number of carbonyl (C=O) groups is 2. The number of rotatable bonds is 3. The van der Waals surface area contributed by atoms with Crippen molar-refractivity contribution in [3.63, 3.8) is 0 Å². The number of aromatic nitrogens is 1. The van der Waals surface area contributed by atoms with Crippen LogP contribution in [0.4, 0.5) is 0 Å². The van der Waals surface area contributed by atoms with Gasteiger partial charge in [-0.2, -0.15) is 0 Å². The molecule has 1 aliphatic carbocycles. The summed E-state index contributed by atoms with van der Waals surface area (Å²) >= 11 is 0. The van der Waals surface area contributed by atoms with Gasteiger partial charge in [-0.25, -0.2) is 0 Å². The number of carboxylic acids is 1. The monoisotopic (exact) mass is 328 g/mol. The van der Waals surface area contributed by atoms with Crippen LogP contribution in [0.1, 0.15) is 43.1 Å². The fourth-order valence-electron chi connectivity index (χ4n) is 3.54. The molecular formula is C18H20N2O4. The Morgan fingerprint density at radius 1 is 1.29 bits per heavy atom. The van der Waals surface area contributed by atoms with Gasteiger partial charge in [0.1, 0.15) is 5.69 Å². The van der Waals surface area contributed by atoms with E-state index in [4.69, 9.17) is 0 Å². The lowest BCUT2D eigenvalue weighted by Crippen LogP contribution is -2.55. The van der Waals surface area contributed by atoms with E-state index < -0.39 is 23.3 Å². The van der Waals surface area contributed by atoms with Crippen molar-refractivity contribution in [2.45, 2.75) is 38.1 Å². The van der Waals surface area contributed by atoms with Crippen LogP contribution in [0.3, 0.4) is 0 Å². The Labute approximate surface area is 138 Å². The summed E-state index contributed by atoms with van der Waals surface area (Å²) in [4.78, 5) is 38.8. The van der Waals surface area contributed by atoms with Crippen molar-refractivity contribution in [2.75, 3.05) is 0 Å². The standard InChI is InChI=1S/C18H20N2O4/c1-18(9-5-4-8-13(18)17(23)24)20-16(22)14-10-11-6-2-3-7-12(11)15(21)19-14/h2-3,6-7,10,13H,4-5,8-9H2,1H3,(H,19,21)(H,20,22)(H,23,24)/t13-,18+/m0/s1. The van der Waals surface area contributed by atoms with Crippen LogP contribution in [-0.4, -0.2) is 27.5 Å². The predicted octanol–water partition coefficient (Wildman–Crippen LogP) is 2.29. The Bertz CT molecular complexity index is 857. The van der Waals surface area contributed by atoms with Gasteiger partial charge in [0.15, 0.2) is 0 Å². The van der Waals surface area contributed by atoms with Crippen molar-refractivity contribution >= 4 is 22.6 Å². The number of carboxylic acid groups (broad SMARTS) is 1. The van der Waals surface area contributed by atoms with Gasteiger partial charge < -0.3 is 15.4 Å². The first-order chi connectivity index (χ1) is 11.4. The summed E-state index contributed by atoms with van der Waals surface area (Å²) in [5.74, 6) is -1.97. The summed E-state index contributed by atoms with van der Waals surface area (Å²) in [5, 5.41) is 13.5. The zero-order chi connectivity index (χ0) is 17.3. The molecule has 0 saturated heterocycles. The maximum Gasteiger partial charge on any atom is 0.308 e. The number of hydrogen-bond donors (Lipinski definition) is 3. The van der Waals surface area contributed by atoms with E-state index >= 15 is 0 Å². The maximum atomic E-state index is 12.6. The SMILES string of the molecule is C[C@@]1(NC(=O)c2cc3ccccc3c(=O)[nH]2)CCCC[C@H]1C(=O)O. The van der Waals surface area contributed by atoms with Crippen LogP contribution < -0.4 is 10.9 Å². The first-order valence-corrected chi connectivity index (χ1v) is 8.08. The molecule has 1 aliphatic rings. The molecule has 3 N–H and O–H groups in total. The molecule has 0 radical (unpaired) electrons. The van der Waals surface area contributed by atoms with E-state index in [2.05, 4.69) is 10.3 Å². The highest BCUT2D eigenvalue weighted by atomic mass is 16.4. The molecule has 0 unspecified atom stereocenters. The lowest BCUT2D eigenvalue weighted by molar-refractivity contribution is -0.145. The number of carbonyl (C=O) groups excluding carboxylic acids is 1. The Hall–Kier alpha value is -2.63. The van der Waals surface area contributed by atoms with Crippen molar-refractivity contribution in [2.24, 2.45) is 5.92 Å². The highest BCUT2D eigenvalue weighted by Gasteiger charge is 2.42. The van der Waals surface area contributed by atoms with Crippen LogP contribution in [0, 0.1) is 5.92 Å². The highest BCUT2D eigenvalue weighted by molar-refractivity contribution is 5.97. The van der Waals surface area contributed by atoms with E-state index in [9.17, 15) is 19.5 Å². The van der Waals surface area contributed by atoms with Crippen LogP contribution in [-0.2, 0) is 4.79 Å². The molecule has 1 heterocycles. The van der Waals surface area contributed by atoms with Gasteiger partial charge in [0.25, 0.3) is 11.5 Å². The summed E-state index contributed by atoms with van der Waals surface area (Å²) in [6.45, 7) is 1.77. The van der Waals surface area contributed by atoms with Gasteiger partial charge >= 0.3 is 5.97 Å². The van der Waals surface area contributed by atoms with Gasteiger partial charge in [-0.3, -0.25) is 14.4 Å². The molecule has 0 spiro atoms. The number of nitrogens with one attached hydrogen (secondary N) is 2. The topological polar surface area (TPSA) is 99.3 Å². The van der Waals surface area contributed by atoms with E-state index in [1.165, 1.54) is 0 Å². The molecule has 0 aliphatic heterocycles. The fourth-order valence-corrected chi connectivity index (χ4v) is 3.54. The van der Waals surface area contributed by atoms with Crippen LogP contribution in [0.2, 0.25) is 0 Å². The number of benzene rings is 1. The molecule has 2 atom stereocenters. The molecule has 126 valence electrons. The van der Waals surface area contributed by atoms with Gasteiger partial charge in [-0.1, -0.05) is 31.0 Å². The number of fused-ring (bicyclic) bond motifs is 1. The minimum Gasteiger partial charge on any atom is -0.481 e. The smallest absolute Gasteiger partial charge is 0.308 e. The first-order valence-electron chi connectivity index (χ1n) is 8.08. The zero-order valence-electron chi connectivity index (χ0n) is 13.5. The molecule has 0 bridgehead atoms. The van der Waals surface area contributed by atoms with Crippen molar-refractivity contribution < 1.29 is 14.7 Å². The van der Waals surface area contributed by atoms with Gasteiger partial charge in [-0.15, -0.1) is 0 Å². The average molecular weight is 328 g/mol. The Morgan fingerprint density at radius 3 is 2.79 bits per heavy atom. The predicted molar refractivity (Wildman–Crippen MR) is 90.0 cm³/mol. The summed E-state index contributed by atoms with van der Waals surface area (Å²) in [5.41, 5.74) is -1.000. The molecule has 6 nitrogen and oxygen atoms in total. The molecule has 1 aromatic carbocycles. The highest BCUT2D eigenvalue weighted by Crippen LogP contribution is 2.34. The van der Waals surface area contributed by atoms with Crippen molar-refractivity contribution in [3.05, 3.63) is 46.4 Å².